The zero-order valence-corrected chi connectivity index (χ0v) is 11.9. The van der Waals surface area contributed by atoms with E-state index in [0.717, 1.165) is 6.54 Å². The summed E-state index contributed by atoms with van der Waals surface area (Å²) in [6.45, 7) is 8.88. The number of carboxylic acids is 1. The maximum absolute atomic E-state index is 10.8. The molecule has 3 heteroatoms. The predicted molar refractivity (Wildman–Crippen MR) is 73.7 cm³/mol. The fourth-order valence-corrected chi connectivity index (χ4v) is 1.89. The lowest BCUT2D eigenvalue weighted by Crippen LogP contribution is -2.42. The minimum atomic E-state index is -0.757. The van der Waals surface area contributed by atoms with Crippen LogP contribution in [0.5, 0.6) is 0 Å². The molecule has 0 atom stereocenters. The van der Waals surface area contributed by atoms with Gasteiger partial charge in [-0.3, -0.25) is 9.69 Å². The molecule has 0 amide bonds. The lowest BCUT2D eigenvalue weighted by atomic mass is 9.97. The molecule has 0 unspecified atom stereocenters. The Kier molecular flexibility index (Phi) is 4.52. The topological polar surface area (TPSA) is 40.5 Å². The third-order valence-electron chi connectivity index (χ3n) is 3.61. The number of hydrogen-bond acceptors (Lipinski definition) is 2. The van der Waals surface area contributed by atoms with Crippen molar-refractivity contribution in [3.05, 3.63) is 34.9 Å². The maximum Gasteiger partial charge on any atom is 0.305 e. The summed E-state index contributed by atoms with van der Waals surface area (Å²) < 4.78 is 0. The molecule has 1 aromatic rings. The predicted octanol–water partition coefficient (Wildman–Crippen LogP) is 2.99. The smallest absolute Gasteiger partial charge is 0.305 e. The highest BCUT2D eigenvalue weighted by atomic mass is 16.4. The third-order valence-corrected chi connectivity index (χ3v) is 3.61. The molecular weight excluding hydrogens is 226 g/mol. The molecule has 0 aliphatic carbocycles. The SMILES string of the molecule is Cc1ccc(CN(C)C(C)(C)CC(=O)O)cc1C. The van der Waals surface area contributed by atoms with Crippen molar-refractivity contribution in [3.8, 4) is 0 Å². The van der Waals surface area contributed by atoms with Gasteiger partial charge >= 0.3 is 5.97 Å². The molecule has 1 aromatic carbocycles. The molecule has 0 aromatic heterocycles. The lowest BCUT2D eigenvalue weighted by Gasteiger charge is -2.34. The molecule has 0 aliphatic rings. The van der Waals surface area contributed by atoms with Crippen LogP contribution in [0.15, 0.2) is 18.2 Å². The summed E-state index contributed by atoms with van der Waals surface area (Å²) in [5.74, 6) is -0.757. The summed E-state index contributed by atoms with van der Waals surface area (Å²) in [5, 5.41) is 8.92. The van der Waals surface area contributed by atoms with Crippen LogP contribution in [0.4, 0.5) is 0 Å². The van der Waals surface area contributed by atoms with Crippen molar-refractivity contribution in [1.82, 2.24) is 4.90 Å². The number of aryl methyl sites for hydroxylation is 2. The Hall–Kier alpha value is -1.35. The Morgan fingerprint density at radius 1 is 1.28 bits per heavy atom. The van der Waals surface area contributed by atoms with Gasteiger partial charge in [0.15, 0.2) is 0 Å². The Bertz CT molecular complexity index is 438. The van der Waals surface area contributed by atoms with Gasteiger partial charge < -0.3 is 5.11 Å². The van der Waals surface area contributed by atoms with Crippen LogP contribution in [0.1, 0.15) is 37.0 Å². The van der Waals surface area contributed by atoms with Crippen molar-refractivity contribution in [2.24, 2.45) is 0 Å². The molecule has 100 valence electrons. The van der Waals surface area contributed by atoms with E-state index < -0.39 is 5.97 Å². The van der Waals surface area contributed by atoms with Crippen LogP contribution >= 0.6 is 0 Å². The zero-order chi connectivity index (χ0) is 13.9. The minimum Gasteiger partial charge on any atom is -0.481 e. The van der Waals surface area contributed by atoms with Gasteiger partial charge in [-0.15, -0.1) is 0 Å². The summed E-state index contributed by atoms with van der Waals surface area (Å²) in [7, 11) is 1.97. The summed E-state index contributed by atoms with van der Waals surface area (Å²) >= 11 is 0. The zero-order valence-electron chi connectivity index (χ0n) is 11.9. The van der Waals surface area contributed by atoms with Gasteiger partial charge in [-0.2, -0.15) is 0 Å². The standard InChI is InChI=1S/C15H23NO2/c1-11-6-7-13(8-12(11)2)10-16(5)15(3,4)9-14(17)18/h6-8H,9-10H2,1-5H3,(H,17,18). The number of aliphatic carboxylic acids is 1. The van der Waals surface area contributed by atoms with E-state index in [1.807, 2.05) is 20.9 Å². The van der Waals surface area contributed by atoms with Crippen molar-refractivity contribution in [2.45, 2.75) is 46.2 Å². The summed E-state index contributed by atoms with van der Waals surface area (Å²) in [6, 6.07) is 6.39. The fraction of sp³-hybridized carbons (Fsp3) is 0.533. The first-order valence-corrected chi connectivity index (χ1v) is 6.21. The quantitative estimate of drug-likeness (QED) is 0.872. The van der Waals surface area contributed by atoms with Crippen LogP contribution in [0.3, 0.4) is 0 Å². The molecular formula is C15H23NO2. The van der Waals surface area contributed by atoms with Gasteiger partial charge in [-0.05, 0) is 51.4 Å². The van der Waals surface area contributed by atoms with E-state index in [-0.39, 0.29) is 12.0 Å². The van der Waals surface area contributed by atoms with Gasteiger partial charge in [0.25, 0.3) is 0 Å². The molecule has 0 saturated heterocycles. The largest absolute Gasteiger partial charge is 0.481 e. The molecule has 1 rings (SSSR count). The molecule has 0 aliphatic heterocycles. The van der Waals surface area contributed by atoms with E-state index >= 15 is 0 Å². The van der Waals surface area contributed by atoms with Crippen molar-refractivity contribution < 1.29 is 9.90 Å². The minimum absolute atomic E-state index is 0.147. The fourth-order valence-electron chi connectivity index (χ4n) is 1.89. The van der Waals surface area contributed by atoms with Gasteiger partial charge in [-0.1, -0.05) is 18.2 Å². The van der Waals surface area contributed by atoms with Crippen LogP contribution in [0, 0.1) is 13.8 Å². The maximum atomic E-state index is 10.8. The van der Waals surface area contributed by atoms with Crippen LogP contribution in [0.2, 0.25) is 0 Å². The molecule has 0 saturated carbocycles. The number of carboxylic acid groups (broad SMARTS) is 1. The van der Waals surface area contributed by atoms with E-state index in [1.165, 1.54) is 16.7 Å². The number of rotatable bonds is 5. The van der Waals surface area contributed by atoms with Gasteiger partial charge in [0, 0.05) is 12.1 Å². The molecule has 0 fully saturated rings. The first kappa shape index (κ1) is 14.7. The van der Waals surface area contributed by atoms with E-state index in [4.69, 9.17) is 5.11 Å². The molecule has 3 nitrogen and oxygen atoms in total. The van der Waals surface area contributed by atoms with Crippen molar-refractivity contribution in [1.29, 1.82) is 0 Å². The number of hydrogen-bond donors (Lipinski definition) is 1. The molecule has 0 spiro atoms. The average Bonchev–Trinajstić information content (AvgIpc) is 2.21. The van der Waals surface area contributed by atoms with Gasteiger partial charge in [-0.25, -0.2) is 0 Å². The number of benzene rings is 1. The van der Waals surface area contributed by atoms with Gasteiger partial charge in [0.05, 0.1) is 6.42 Å². The van der Waals surface area contributed by atoms with Crippen LogP contribution in [-0.2, 0) is 11.3 Å². The average molecular weight is 249 g/mol. The van der Waals surface area contributed by atoms with E-state index in [2.05, 4.69) is 36.9 Å². The molecule has 0 radical (unpaired) electrons. The summed E-state index contributed by atoms with van der Waals surface area (Å²) in [6.07, 6.45) is 0.147. The number of carbonyl (C=O) groups is 1. The Morgan fingerprint density at radius 2 is 1.89 bits per heavy atom. The second-order valence-electron chi connectivity index (χ2n) is 5.66. The van der Waals surface area contributed by atoms with Crippen molar-refractivity contribution >= 4 is 5.97 Å². The van der Waals surface area contributed by atoms with Gasteiger partial charge in [0.2, 0.25) is 0 Å². The van der Waals surface area contributed by atoms with E-state index in [0.29, 0.717) is 0 Å². The Balaban J connectivity index is 2.77. The highest BCUT2D eigenvalue weighted by Crippen LogP contribution is 2.20. The summed E-state index contributed by atoms with van der Waals surface area (Å²) in [5.41, 5.74) is 3.44. The molecule has 0 heterocycles. The Labute approximate surface area is 109 Å². The molecule has 18 heavy (non-hydrogen) atoms. The number of nitrogens with zero attached hydrogens (tertiary/aromatic N) is 1. The first-order valence-electron chi connectivity index (χ1n) is 6.21. The van der Waals surface area contributed by atoms with E-state index in [1.54, 1.807) is 0 Å². The highest BCUT2D eigenvalue weighted by molar-refractivity contribution is 5.68. The second kappa shape index (κ2) is 5.53. The van der Waals surface area contributed by atoms with Crippen molar-refractivity contribution in [2.75, 3.05) is 7.05 Å². The molecule has 1 N–H and O–H groups in total. The van der Waals surface area contributed by atoms with Crippen LogP contribution in [-0.4, -0.2) is 28.6 Å². The summed E-state index contributed by atoms with van der Waals surface area (Å²) in [4.78, 5) is 12.9. The second-order valence-corrected chi connectivity index (χ2v) is 5.66. The highest BCUT2D eigenvalue weighted by Gasteiger charge is 2.26. The third kappa shape index (κ3) is 3.84. The first-order chi connectivity index (χ1) is 8.22. The lowest BCUT2D eigenvalue weighted by molar-refractivity contribution is -0.139. The van der Waals surface area contributed by atoms with Gasteiger partial charge in [0.1, 0.15) is 0 Å². The van der Waals surface area contributed by atoms with Crippen LogP contribution in [0.25, 0.3) is 0 Å². The monoisotopic (exact) mass is 249 g/mol. The van der Waals surface area contributed by atoms with Crippen LogP contribution < -0.4 is 0 Å². The molecule has 0 bridgehead atoms. The van der Waals surface area contributed by atoms with Crippen molar-refractivity contribution in [3.63, 3.8) is 0 Å². The normalized spacial score (nSPS) is 11.9. The Morgan fingerprint density at radius 3 is 2.39 bits per heavy atom. The van der Waals surface area contributed by atoms with E-state index in [9.17, 15) is 4.79 Å².